The summed E-state index contributed by atoms with van der Waals surface area (Å²) < 4.78 is 29.0. The fourth-order valence-corrected chi connectivity index (χ4v) is 2.66. The monoisotopic (exact) mass is 310 g/mol. The Balaban J connectivity index is 3.66. The minimum Gasteiger partial charge on any atom is -0.464 e. The second-order valence-corrected chi connectivity index (χ2v) is 7.91. The Morgan fingerprint density at radius 3 is 2.40 bits per heavy atom. The molecular weight excluding hydrogens is 282 g/mol. The zero-order chi connectivity index (χ0) is 15.6. The molecule has 2 nitrogen and oxygen atoms in total. The van der Waals surface area contributed by atoms with Gasteiger partial charge < -0.3 is 4.74 Å². The van der Waals surface area contributed by atoms with E-state index >= 15 is 0 Å². The number of esters is 1. The molecule has 20 heavy (non-hydrogen) atoms. The maximum atomic E-state index is 11.9. The molecule has 0 rings (SSSR count). The number of unbranched alkanes of at least 4 members (excludes halogenated alkanes) is 2. The summed E-state index contributed by atoms with van der Waals surface area (Å²) in [5, 5.41) is 0. The molecule has 0 amide bonds. The zero-order valence-electron chi connectivity index (χ0n) is 13.1. The van der Waals surface area contributed by atoms with Crippen molar-refractivity contribution in [1.82, 2.24) is 0 Å². The Morgan fingerprint density at radius 2 is 1.85 bits per heavy atom. The highest BCUT2D eigenvalue weighted by Gasteiger charge is 2.20. The van der Waals surface area contributed by atoms with Crippen molar-refractivity contribution in [3.8, 4) is 0 Å². The molecule has 0 aliphatic heterocycles. The second-order valence-electron chi connectivity index (χ2n) is 6.11. The summed E-state index contributed by atoms with van der Waals surface area (Å²) in [6.07, 6.45) is 0.623. The lowest BCUT2D eigenvalue weighted by Gasteiger charge is -2.23. The van der Waals surface area contributed by atoms with Crippen LogP contribution in [0, 0.1) is 5.92 Å². The first-order valence-corrected chi connectivity index (χ1v) is 8.29. The van der Waals surface area contributed by atoms with Crippen LogP contribution >= 0.6 is 11.8 Å². The number of rotatable bonds is 11. The topological polar surface area (TPSA) is 26.3 Å². The Hall–Kier alpha value is -0.320. The maximum absolute atomic E-state index is 11.9. The van der Waals surface area contributed by atoms with E-state index in [4.69, 9.17) is 4.74 Å². The van der Waals surface area contributed by atoms with E-state index in [1.807, 2.05) is 27.7 Å². The largest absolute Gasteiger partial charge is 0.464 e. The molecule has 0 aromatic rings. The van der Waals surface area contributed by atoms with Gasteiger partial charge in [-0.1, -0.05) is 20.3 Å². The Bertz CT molecular complexity index is 269. The van der Waals surface area contributed by atoms with Crippen LogP contribution < -0.4 is 0 Å². The smallest absolute Gasteiger partial charge is 0.306 e. The molecule has 0 N–H and O–H groups in total. The average molecular weight is 310 g/mol. The van der Waals surface area contributed by atoms with Gasteiger partial charge in [0.25, 0.3) is 0 Å². The van der Waals surface area contributed by atoms with E-state index < -0.39 is 6.43 Å². The normalized spacial score (nSPS) is 12.2. The molecule has 5 heteroatoms. The van der Waals surface area contributed by atoms with Gasteiger partial charge in [0, 0.05) is 17.6 Å². The lowest BCUT2D eigenvalue weighted by molar-refractivity contribution is -0.145. The molecule has 0 radical (unpaired) electrons. The van der Waals surface area contributed by atoms with E-state index in [0.717, 1.165) is 18.6 Å². The van der Waals surface area contributed by atoms with Gasteiger partial charge in [0.15, 0.2) is 0 Å². The minimum atomic E-state index is -2.18. The summed E-state index contributed by atoms with van der Waals surface area (Å²) in [4.78, 5) is 11.5. The maximum Gasteiger partial charge on any atom is 0.306 e. The molecule has 0 aliphatic carbocycles. The number of halogens is 2. The van der Waals surface area contributed by atoms with Crippen molar-refractivity contribution in [2.24, 2.45) is 5.92 Å². The van der Waals surface area contributed by atoms with Gasteiger partial charge in [-0.2, -0.15) is 11.8 Å². The number of hydrogen-bond donors (Lipinski definition) is 0. The van der Waals surface area contributed by atoms with Gasteiger partial charge in [0.05, 0.1) is 0 Å². The number of carbonyl (C=O) groups excluding carboxylic acids is 1. The standard InChI is InChI=1S/C15H28F2O2S/c1-12(2)10-14(18)19-11-15(3,4)20-9-7-5-6-8-13(16)17/h12-13H,5-11H2,1-4H3. The highest BCUT2D eigenvalue weighted by Crippen LogP contribution is 2.26. The Labute approximate surface area is 126 Å². The van der Waals surface area contributed by atoms with Crippen LogP contribution in [-0.4, -0.2) is 29.5 Å². The van der Waals surface area contributed by atoms with Gasteiger partial charge in [-0.25, -0.2) is 8.78 Å². The first-order valence-electron chi connectivity index (χ1n) is 7.30. The van der Waals surface area contributed by atoms with Crippen molar-refractivity contribution in [3.63, 3.8) is 0 Å². The average Bonchev–Trinajstić information content (AvgIpc) is 2.30. The summed E-state index contributed by atoms with van der Waals surface area (Å²) in [6, 6.07) is 0. The van der Waals surface area contributed by atoms with Crippen LogP contribution in [0.25, 0.3) is 0 Å². The third kappa shape index (κ3) is 12.7. The molecule has 120 valence electrons. The van der Waals surface area contributed by atoms with Crippen molar-refractivity contribution in [3.05, 3.63) is 0 Å². The van der Waals surface area contributed by atoms with Crippen LogP contribution in [0.5, 0.6) is 0 Å². The summed E-state index contributed by atoms with van der Waals surface area (Å²) in [5.74, 6) is 1.08. The lowest BCUT2D eigenvalue weighted by Crippen LogP contribution is -2.26. The number of thioether (sulfide) groups is 1. The third-order valence-electron chi connectivity index (χ3n) is 2.72. The number of carbonyl (C=O) groups is 1. The van der Waals surface area contributed by atoms with Crippen molar-refractivity contribution in [1.29, 1.82) is 0 Å². The summed E-state index contributed by atoms with van der Waals surface area (Å²) in [5.41, 5.74) is 0. The van der Waals surface area contributed by atoms with E-state index in [0.29, 0.717) is 25.4 Å². The Morgan fingerprint density at radius 1 is 1.20 bits per heavy atom. The SMILES string of the molecule is CC(C)CC(=O)OCC(C)(C)SCCCCCC(F)F. The van der Waals surface area contributed by atoms with Gasteiger partial charge >= 0.3 is 5.97 Å². The van der Waals surface area contributed by atoms with Gasteiger partial charge in [0.2, 0.25) is 6.43 Å². The quantitative estimate of drug-likeness (QED) is 0.400. The Kier molecular flexibility index (Phi) is 10.2. The van der Waals surface area contributed by atoms with E-state index in [9.17, 15) is 13.6 Å². The molecule has 0 aromatic heterocycles. The molecule has 0 heterocycles. The summed E-state index contributed by atoms with van der Waals surface area (Å²) >= 11 is 1.73. The molecule has 0 spiro atoms. The first-order chi connectivity index (χ1) is 9.23. The van der Waals surface area contributed by atoms with Crippen LogP contribution in [0.3, 0.4) is 0 Å². The van der Waals surface area contributed by atoms with E-state index in [1.54, 1.807) is 11.8 Å². The first kappa shape index (κ1) is 19.7. The number of alkyl halides is 2. The molecule has 0 saturated heterocycles. The molecule has 0 unspecified atom stereocenters. The fourth-order valence-electron chi connectivity index (χ4n) is 1.61. The van der Waals surface area contributed by atoms with Crippen molar-refractivity contribution >= 4 is 17.7 Å². The predicted molar refractivity (Wildman–Crippen MR) is 81.4 cm³/mol. The van der Waals surface area contributed by atoms with Crippen LogP contribution in [0.4, 0.5) is 8.78 Å². The molecule has 0 saturated carbocycles. The van der Waals surface area contributed by atoms with Crippen LogP contribution in [-0.2, 0) is 9.53 Å². The highest BCUT2D eigenvalue weighted by molar-refractivity contribution is 8.00. The van der Waals surface area contributed by atoms with Crippen LogP contribution in [0.15, 0.2) is 0 Å². The molecule has 0 fully saturated rings. The van der Waals surface area contributed by atoms with Crippen molar-refractivity contribution in [2.45, 2.75) is 71.0 Å². The molecule has 0 atom stereocenters. The summed E-state index contributed by atoms with van der Waals surface area (Å²) in [6.45, 7) is 8.46. The van der Waals surface area contributed by atoms with Crippen LogP contribution in [0.1, 0.15) is 59.8 Å². The van der Waals surface area contributed by atoms with E-state index in [-0.39, 0.29) is 17.1 Å². The third-order valence-corrected chi connectivity index (χ3v) is 4.11. The van der Waals surface area contributed by atoms with E-state index in [2.05, 4.69) is 0 Å². The van der Waals surface area contributed by atoms with Gasteiger partial charge in [-0.15, -0.1) is 0 Å². The van der Waals surface area contributed by atoms with Gasteiger partial charge in [-0.05, 0) is 38.4 Å². The second kappa shape index (κ2) is 10.4. The van der Waals surface area contributed by atoms with Crippen molar-refractivity contribution in [2.75, 3.05) is 12.4 Å². The van der Waals surface area contributed by atoms with E-state index in [1.165, 1.54) is 0 Å². The predicted octanol–water partition coefficient (Wildman–Crippen LogP) is 4.91. The summed E-state index contributed by atoms with van der Waals surface area (Å²) in [7, 11) is 0. The van der Waals surface area contributed by atoms with Gasteiger partial charge in [0.1, 0.15) is 6.61 Å². The molecular formula is C15H28F2O2S. The lowest BCUT2D eigenvalue weighted by atomic mass is 10.1. The van der Waals surface area contributed by atoms with Gasteiger partial charge in [-0.3, -0.25) is 4.79 Å². The number of ether oxygens (including phenoxy) is 1. The molecule has 0 aromatic carbocycles. The molecule has 0 bridgehead atoms. The molecule has 0 aliphatic rings. The highest BCUT2D eigenvalue weighted by atomic mass is 32.2. The fraction of sp³-hybridized carbons (Fsp3) is 0.933. The van der Waals surface area contributed by atoms with Crippen LogP contribution in [0.2, 0.25) is 0 Å². The minimum absolute atomic E-state index is 0.000868. The van der Waals surface area contributed by atoms with Crippen molar-refractivity contribution < 1.29 is 18.3 Å². The number of hydrogen-bond acceptors (Lipinski definition) is 3. The zero-order valence-corrected chi connectivity index (χ0v) is 13.9.